The number of para-hydroxylation sites is 1. The van der Waals surface area contributed by atoms with Crippen LogP contribution < -0.4 is 10.1 Å². The fraction of sp³-hybridized carbons (Fsp3) is 0.115. The van der Waals surface area contributed by atoms with Crippen LogP contribution >= 0.6 is 0 Å². The topological polar surface area (TPSA) is 82.5 Å². The number of aromatic nitrogens is 2. The number of hydrogen-bond donors (Lipinski definition) is 1. The predicted molar refractivity (Wildman–Crippen MR) is 125 cm³/mol. The van der Waals surface area contributed by atoms with Crippen molar-refractivity contribution in [1.82, 2.24) is 9.78 Å². The largest absolute Gasteiger partial charge is 0.484 e. The summed E-state index contributed by atoms with van der Waals surface area (Å²) in [7, 11) is 0. The van der Waals surface area contributed by atoms with Crippen molar-refractivity contribution in [3.63, 3.8) is 0 Å². The lowest BCUT2D eigenvalue weighted by Gasteiger charge is -2.11. The van der Waals surface area contributed by atoms with Gasteiger partial charge in [0, 0.05) is 11.3 Å². The summed E-state index contributed by atoms with van der Waals surface area (Å²) in [6, 6.07) is 23.5. The number of ether oxygens (including phenoxy) is 2. The van der Waals surface area contributed by atoms with Crippen LogP contribution in [0.5, 0.6) is 5.75 Å². The molecule has 0 radical (unpaired) electrons. The van der Waals surface area contributed by atoms with Gasteiger partial charge in [-0.15, -0.1) is 0 Å². The summed E-state index contributed by atoms with van der Waals surface area (Å²) < 4.78 is 25.9. The second-order valence-corrected chi connectivity index (χ2v) is 7.26. The van der Waals surface area contributed by atoms with Gasteiger partial charge in [0.1, 0.15) is 11.6 Å². The van der Waals surface area contributed by atoms with Crippen LogP contribution in [-0.2, 0) is 9.53 Å². The van der Waals surface area contributed by atoms with E-state index in [1.807, 2.05) is 18.2 Å². The molecular formula is C26H22FN3O4. The number of benzene rings is 3. The summed E-state index contributed by atoms with van der Waals surface area (Å²) in [5.74, 6) is -0.749. The third-order valence-electron chi connectivity index (χ3n) is 4.80. The summed E-state index contributed by atoms with van der Waals surface area (Å²) in [5, 5.41) is 7.13. The molecule has 3 aromatic carbocycles. The molecule has 172 valence electrons. The van der Waals surface area contributed by atoms with E-state index in [2.05, 4.69) is 10.4 Å². The van der Waals surface area contributed by atoms with E-state index < -0.39 is 11.8 Å². The zero-order valence-electron chi connectivity index (χ0n) is 18.4. The molecule has 4 aromatic rings. The van der Waals surface area contributed by atoms with Gasteiger partial charge in [-0.05, 0) is 55.5 Å². The van der Waals surface area contributed by atoms with Gasteiger partial charge in [0.25, 0.3) is 5.91 Å². The van der Waals surface area contributed by atoms with Crippen molar-refractivity contribution in [3.8, 4) is 22.7 Å². The third kappa shape index (κ3) is 5.47. The molecule has 0 aliphatic heterocycles. The van der Waals surface area contributed by atoms with Crippen LogP contribution in [0.4, 0.5) is 10.1 Å². The van der Waals surface area contributed by atoms with Crippen LogP contribution in [0.25, 0.3) is 16.9 Å². The maximum absolute atomic E-state index is 13.9. The molecule has 0 bridgehead atoms. The Labute approximate surface area is 195 Å². The molecule has 1 aromatic heterocycles. The fourth-order valence-electron chi connectivity index (χ4n) is 3.32. The van der Waals surface area contributed by atoms with E-state index in [9.17, 15) is 14.0 Å². The Morgan fingerprint density at radius 3 is 2.53 bits per heavy atom. The number of nitrogens with zero attached hydrogens (tertiary/aromatic N) is 2. The van der Waals surface area contributed by atoms with E-state index in [1.54, 1.807) is 61.5 Å². The van der Waals surface area contributed by atoms with Crippen LogP contribution in [0.2, 0.25) is 0 Å². The minimum Gasteiger partial charge on any atom is -0.484 e. The first-order chi connectivity index (χ1) is 16.5. The SMILES string of the molecule is CCOC(=O)c1cc(-c2cccc(NC(=O)COc3ccccc3)c2)n(-c2cccc(F)c2)n1. The maximum Gasteiger partial charge on any atom is 0.358 e. The van der Waals surface area contributed by atoms with E-state index in [0.717, 1.165) is 0 Å². The molecule has 0 aliphatic carbocycles. The van der Waals surface area contributed by atoms with Crippen molar-refractivity contribution < 1.29 is 23.5 Å². The highest BCUT2D eigenvalue weighted by molar-refractivity contribution is 5.93. The predicted octanol–water partition coefficient (Wildman–Crippen LogP) is 4.87. The minimum atomic E-state index is -0.582. The molecule has 1 N–H and O–H groups in total. The van der Waals surface area contributed by atoms with Crippen molar-refractivity contribution in [3.05, 3.63) is 96.4 Å². The Morgan fingerprint density at radius 1 is 0.971 bits per heavy atom. The van der Waals surface area contributed by atoms with Crippen LogP contribution in [0.15, 0.2) is 84.9 Å². The normalized spacial score (nSPS) is 10.5. The smallest absolute Gasteiger partial charge is 0.358 e. The van der Waals surface area contributed by atoms with Crippen LogP contribution in [0.1, 0.15) is 17.4 Å². The number of hydrogen-bond acceptors (Lipinski definition) is 5. The Morgan fingerprint density at radius 2 is 1.76 bits per heavy atom. The molecule has 0 atom stereocenters. The number of carbonyl (C=O) groups excluding carboxylic acids is 2. The molecule has 0 saturated carbocycles. The van der Waals surface area contributed by atoms with Gasteiger partial charge in [0.05, 0.1) is 18.0 Å². The number of rotatable bonds is 8. The van der Waals surface area contributed by atoms with E-state index in [0.29, 0.717) is 28.4 Å². The van der Waals surface area contributed by atoms with Gasteiger partial charge in [-0.2, -0.15) is 5.10 Å². The molecule has 7 nitrogen and oxygen atoms in total. The highest BCUT2D eigenvalue weighted by atomic mass is 19.1. The van der Waals surface area contributed by atoms with Crippen molar-refractivity contribution in [1.29, 1.82) is 0 Å². The maximum atomic E-state index is 13.9. The lowest BCUT2D eigenvalue weighted by molar-refractivity contribution is -0.118. The number of amides is 1. The second-order valence-electron chi connectivity index (χ2n) is 7.26. The Bertz CT molecular complexity index is 1300. The van der Waals surface area contributed by atoms with Crippen molar-refractivity contribution in [2.24, 2.45) is 0 Å². The molecule has 34 heavy (non-hydrogen) atoms. The summed E-state index contributed by atoms with van der Waals surface area (Å²) in [4.78, 5) is 24.7. The summed E-state index contributed by atoms with van der Waals surface area (Å²) in [5.41, 5.74) is 2.26. The average Bonchev–Trinajstić information content (AvgIpc) is 3.30. The Hall–Kier alpha value is -4.46. The van der Waals surface area contributed by atoms with Crippen LogP contribution in [-0.4, -0.2) is 34.9 Å². The van der Waals surface area contributed by atoms with Gasteiger partial charge in [-0.3, -0.25) is 4.79 Å². The highest BCUT2D eigenvalue weighted by Gasteiger charge is 2.18. The molecular weight excluding hydrogens is 437 g/mol. The molecule has 1 amide bonds. The van der Waals surface area contributed by atoms with Crippen molar-refractivity contribution in [2.45, 2.75) is 6.92 Å². The lowest BCUT2D eigenvalue weighted by atomic mass is 10.1. The summed E-state index contributed by atoms with van der Waals surface area (Å²) in [6.07, 6.45) is 0. The van der Waals surface area contributed by atoms with Gasteiger partial charge in [-0.1, -0.05) is 36.4 Å². The molecule has 0 aliphatic rings. The first-order valence-electron chi connectivity index (χ1n) is 10.6. The number of carbonyl (C=O) groups is 2. The number of anilines is 1. The third-order valence-corrected chi connectivity index (χ3v) is 4.80. The van der Waals surface area contributed by atoms with E-state index in [-0.39, 0.29) is 24.8 Å². The quantitative estimate of drug-likeness (QED) is 0.380. The molecule has 0 unspecified atom stereocenters. The highest BCUT2D eigenvalue weighted by Crippen LogP contribution is 2.27. The lowest BCUT2D eigenvalue weighted by Crippen LogP contribution is -2.20. The monoisotopic (exact) mass is 459 g/mol. The molecule has 1 heterocycles. The molecule has 0 spiro atoms. The van der Waals surface area contributed by atoms with Crippen LogP contribution in [0, 0.1) is 5.82 Å². The van der Waals surface area contributed by atoms with Crippen LogP contribution in [0.3, 0.4) is 0 Å². The minimum absolute atomic E-state index is 0.0896. The zero-order chi connectivity index (χ0) is 23.9. The summed E-state index contributed by atoms with van der Waals surface area (Å²) >= 11 is 0. The molecule has 0 saturated heterocycles. The molecule has 4 rings (SSSR count). The van der Waals surface area contributed by atoms with Gasteiger partial charge in [0.15, 0.2) is 12.3 Å². The van der Waals surface area contributed by atoms with Gasteiger partial charge < -0.3 is 14.8 Å². The Kier molecular flexibility index (Phi) is 6.98. The molecule has 8 heteroatoms. The fourth-order valence-corrected chi connectivity index (χ4v) is 3.32. The van der Waals surface area contributed by atoms with E-state index in [4.69, 9.17) is 9.47 Å². The number of halogens is 1. The van der Waals surface area contributed by atoms with Gasteiger partial charge in [0.2, 0.25) is 0 Å². The van der Waals surface area contributed by atoms with Gasteiger partial charge in [-0.25, -0.2) is 13.9 Å². The Balaban J connectivity index is 1.60. The molecule has 0 fully saturated rings. The average molecular weight is 459 g/mol. The number of nitrogens with one attached hydrogen (secondary N) is 1. The van der Waals surface area contributed by atoms with E-state index >= 15 is 0 Å². The standard InChI is InChI=1S/C26H22FN3O4/c1-2-33-26(32)23-16-24(30(29-23)21-11-7-9-19(27)15-21)18-8-6-10-20(14-18)28-25(31)17-34-22-12-4-3-5-13-22/h3-16H,2,17H2,1H3,(H,28,31). The van der Waals surface area contributed by atoms with Crippen molar-refractivity contribution >= 4 is 17.6 Å². The second kappa shape index (κ2) is 10.4. The summed E-state index contributed by atoms with van der Waals surface area (Å²) in [6.45, 7) is 1.76. The number of esters is 1. The van der Waals surface area contributed by atoms with Gasteiger partial charge >= 0.3 is 5.97 Å². The first kappa shape index (κ1) is 22.7. The van der Waals surface area contributed by atoms with E-state index in [1.165, 1.54) is 16.8 Å². The first-order valence-corrected chi connectivity index (χ1v) is 10.6. The zero-order valence-corrected chi connectivity index (χ0v) is 18.4. The van der Waals surface area contributed by atoms with Crippen molar-refractivity contribution in [2.75, 3.05) is 18.5 Å².